The van der Waals surface area contributed by atoms with Crippen molar-refractivity contribution >= 4 is 33.3 Å². The molecule has 10 heavy (non-hydrogen) atoms. The van der Waals surface area contributed by atoms with Gasteiger partial charge in [0.05, 0.1) is 0 Å². The summed E-state index contributed by atoms with van der Waals surface area (Å²) in [5, 5.41) is 1.25. The minimum atomic E-state index is 0.519. The maximum absolute atomic E-state index is 5.71. The van der Waals surface area contributed by atoms with Crippen molar-refractivity contribution in [3.05, 3.63) is 22.8 Å². The maximum Gasteiger partial charge on any atom is 0.133 e. The Kier molecular flexibility index (Phi) is 2.83. The van der Waals surface area contributed by atoms with Gasteiger partial charge in [-0.25, -0.2) is 4.98 Å². The summed E-state index contributed by atoms with van der Waals surface area (Å²) in [5.41, 5.74) is 0.969. The van der Waals surface area contributed by atoms with E-state index in [0.717, 1.165) is 21.6 Å². The lowest BCUT2D eigenvalue weighted by atomic mass is 10.3. The van der Waals surface area contributed by atoms with Gasteiger partial charge in [-0.05, 0) is 29.2 Å². The second-order valence-electron chi connectivity index (χ2n) is 1.83. The zero-order valence-electron chi connectivity index (χ0n) is 5.27. The van der Waals surface area contributed by atoms with E-state index in [-0.39, 0.29) is 0 Å². The average Bonchev–Trinajstić information content (AvgIpc) is 1.95. The Morgan fingerprint density at radius 3 is 2.70 bits per heavy atom. The van der Waals surface area contributed by atoms with Crippen molar-refractivity contribution in [3.63, 3.8) is 0 Å². The molecule has 0 spiro atoms. The van der Waals surface area contributed by atoms with Crippen molar-refractivity contribution in [1.82, 2.24) is 4.98 Å². The standard InChI is InChI=1S/C6H5Cl2NS/c1-4-2-3-5(10-8)9-6(4)7/h2-3H,1H3. The third-order valence-electron chi connectivity index (χ3n) is 1.09. The number of pyridine rings is 1. The Morgan fingerprint density at radius 2 is 2.20 bits per heavy atom. The Morgan fingerprint density at radius 1 is 1.50 bits per heavy atom. The first-order chi connectivity index (χ1) is 4.74. The summed E-state index contributed by atoms with van der Waals surface area (Å²) in [6, 6.07) is 3.72. The molecule has 1 aromatic heterocycles. The Hall–Kier alpha value is 0.0800. The van der Waals surface area contributed by atoms with Crippen LogP contribution >= 0.6 is 33.3 Å². The van der Waals surface area contributed by atoms with Crippen molar-refractivity contribution in [2.24, 2.45) is 0 Å². The topological polar surface area (TPSA) is 12.9 Å². The van der Waals surface area contributed by atoms with Crippen LogP contribution in [0, 0.1) is 6.92 Å². The molecule has 0 saturated carbocycles. The van der Waals surface area contributed by atoms with Gasteiger partial charge in [0.25, 0.3) is 0 Å². The summed E-state index contributed by atoms with van der Waals surface area (Å²) in [5.74, 6) is 0. The number of aromatic nitrogens is 1. The van der Waals surface area contributed by atoms with E-state index in [4.69, 9.17) is 22.3 Å². The van der Waals surface area contributed by atoms with E-state index in [2.05, 4.69) is 4.98 Å². The van der Waals surface area contributed by atoms with E-state index in [1.165, 1.54) is 0 Å². The highest BCUT2D eigenvalue weighted by Gasteiger charge is 1.97. The number of hydrogen-bond donors (Lipinski definition) is 0. The Balaban J connectivity index is 3.04. The Labute approximate surface area is 73.2 Å². The van der Waals surface area contributed by atoms with Gasteiger partial charge in [0.2, 0.25) is 0 Å². The lowest BCUT2D eigenvalue weighted by molar-refractivity contribution is 1.12. The van der Waals surface area contributed by atoms with Gasteiger partial charge in [-0.15, -0.1) is 0 Å². The van der Waals surface area contributed by atoms with E-state index in [1.807, 2.05) is 19.1 Å². The molecule has 54 valence electrons. The number of aryl methyl sites for hydroxylation is 1. The predicted octanol–water partition coefficient (Wildman–Crippen LogP) is 3.29. The molecule has 0 N–H and O–H groups in total. The first kappa shape index (κ1) is 8.18. The van der Waals surface area contributed by atoms with E-state index >= 15 is 0 Å². The monoisotopic (exact) mass is 193 g/mol. The van der Waals surface area contributed by atoms with E-state index in [9.17, 15) is 0 Å². The third kappa shape index (κ3) is 1.78. The molecule has 0 unspecified atom stereocenters. The number of hydrogen-bond acceptors (Lipinski definition) is 2. The molecule has 0 aliphatic carbocycles. The molecule has 0 bridgehead atoms. The molecule has 0 aliphatic rings. The van der Waals surface area contributed by atoms with Crippen LogP contribution in [0.5, 0.6) is 0 Å². The molecular weight excluding hydrogens is 189 g/mol. The summed E-state index contributed by atoms with van der Waals surface area (Å²) in [6.45, 7) is 1.90. The summed E-state index contributed by atoms with van der Waals surface area (Å²) >= 11 is 5.71. The minimum Gasteiger partial charge on any atom is -0.228 e. The van der Waals surface area contributed by atoms with Crippen LogP contribution in [0.25, 0.3) is 0 Å². The number of halogens is 2. The summed E-state index contributed by atoms with van der Waals surface area (Å²) in [6.07, 6.45) is 0. The zero-order valence-corrected chi connectivity index (χ0v) is 7.59. The molecule has 4 heteroatoms. The summed E-state index contributed by atoms with van der Waals surface area (Å²) in [4.78, 5) is 3.99. The zero-order chi connectivity index (χ0) is 7.56. The second kappa shape index (κ2) is 3.46. The SMILES string of the molecule is Cc1ccc(SCl)nc1Cl. The van der Waals surface area contributed by atoms with Crippen LogP contribution in [-0.2, 0) is 0 Å². The van der Waals surface area contributed by atoms with Crippen LogP contribution in [-0.4, -0.2) is 4.98 Å². The maximum atomic E-state index is 5.71. The summed E-state index contributed by atoms with van der Waals surface area (Å²) < 4.78 is 0. The van der Waals surface area contributed by atoms with Crippen LogP contribution in [0.3, 0.4) is 0 Å². The lowest BCUT2D eigenvalue weighted by Crippen LogP contribution is -1.81. The van der Waals surface area contributed by atoms with Gasteiger partial charge < -0.3 is 0 Å². The lowest BCUT2D eigenvalue weighted by Gasteiger charge is -1.96. The largest absolute Gasteiger partial charge is 0.228 e. The van der Waals surface area contributed by atoms with Crippen LogP contribution in [0.1, 0.15) is 5.56 Å². The van der Waals surface area contributed by atoms with Gasteiger partial charge in [-0.2, -0.15) is 0 Å². The van der Waals surface area contributed by atoms with Crippen molar-refractivity contribution in [3.8, 4) is 0 Å². The van der Waals surface area contributed by atoms with E-state index < -0.39 is 0 Å². The van der Waals surface area contributed by atoms with Gasteiger partial charge in [0.1, 0.15) is 10.2 Å². The molecule has 0 amide bonds. The highest BCUT2D eigenvalue weighted by atomic mass is 35.7. The van der Waals surface area contributed by atoms with E-state index in [1.54, 1.807) is 0 Å². The first-order valence-corrected chi connectivity index (χ1v) is 4.68. The highest BCUT2D eigenvalue weighted by Crippen LogP contribution is 2.22. The van der Waals surface area contributed by atoms with Crippen molar-refractivity contribution < 1.29 is 0 Å². The van der Waals surface area contributed by atoms with Gasteiger partial charge >= 0.3 is 0 Å². The molecule has 0 fully saturated rings. The fourth-order valence-corrected chi connectivity index (χ4v) is 1.24. The second-order valence-corrected chi connectivity index (χ2v) is 3.23. The highest BCUT2D eigenvalue weighted by molar-refractivity contribution is 8.21. The normalized spacial score (nSPS) is 9.90. The summed E-state index contributed by atoms with van der Waals surface area (Å²) in [7, 11) is 6.52. The fourth-order valence-electron chi connectivity index (χ4n) is 0.530. The Bertz CT molecular complexity index is 239. The molecule has 0 saturated heterocycles. The van der Waals surface area contributed by atoms with Gasteiger partial charge in [0, 0.05) is 11.0 Å². The minimum absolute atomic E-state index is 0.519. The molecular formula is C6H5Cl2NS. The van der Waals surface area contributed by atoms with Crippen molar-refractivity contribution in [2.45, 2.75) is 11.9 Å². The quantitative estimate of drug-likeness (QED) is 0.636. The molecule has 0 atom stereocenters. The molecule has 1 rings (SSSR count). The molecule has 1 aromatic rings. The smallest absolute Gasteiger partial charge is 0.133 e. The molecule has 1 heterocycles. The third-order valence-corrected chi connectivity index (χ3v) is 2.33. The van der Waals surface area contributed by atoms with Crippen molar-refractivity contribution in [1.29, 1.82) is 0 Å². The van der Waals surface area contributed by atoms with Gasteiger partial charge in [-0.1, -0.05) is 17.7 Å². The van der Waals surface area contributed by atoms with Crippen LogP contribution in [0.4, 0.5) is 0 Å². The van der Waals surface area contributed by atoms with E-state index in [0.29, 0.717) is 5.15 Å². The average molecular weight is 194 g/mol. The number of nitrogens with zero attached hydrogens (tertiary/aromatic N) is 1. The molecule has 1 nitrogen and oxygen atoms in total. The van der Waals surface area contributed by atoms with Crippen molar-refractivity contribution in [2.75, 3.05) is 0 Å². The number of rotatable bonds is 1. The first-order valence-electron chi connectivity index (χ1n) is 2.66. The molecule has 0 aliphatic heterocycles. The predicted molar refractivity (Wildman–Crippen MR) is 45.7 cm³/mol. The van der Waals surface area contributed by atoms with Crippen LogP contribution in [0.2, 0.25) is 5.15 Å². The fraction of sp³-hybridized carbons (Fsp3) is 0.167. The van der Waals surface area contributed by atoms with Crippen LogP contribution in [0.15, 0.2) is 17.2 Å². The van der Waals surface area contributed by atoms with Gasteiger partial charge in [-0.3, -0.25) is 0 Å². The molecule has 0 radical (unpaired) electrons. The van der Waals surface area contributed by atoms with Crippen LogP contribution < -0.4 is 0 Å². The molecule has 0 aromatic carbocycles. The van der Waals surface area contributed by atoms with Gasteiger partial charge in [0.15, 0.2) is 0 Å².